The van der Waals surface area contributed by atoms with Crippen LogP contribution in [0.25, 0.3) is 0 Å². The van der Waals surface area contributed by atoms with Crippen LogP contribution in [-0.4, -0.2) is 17.7 Å². The van der Waals surface area contributed by atoms with Crippen molar-refractivity contribution in [1.82, 2.24) is 0 Å². The highest BCUT2D eigenvalue weighted by molar-refractivity contribution is 7.53. The molecule has 1 unspecified atom stereocenters. The monoisotopic (exact) mass is 192 g/mol. The van der Waals surface area contributed by atoms with E-state index in [0.29, 0.717) is 6.61 Å². The summed E-state index contributed by atoms with van der Waals surface area (Å²) in [6.45, 7) is 5.82. The zero-order chi connectivity index (χ0) is 9.45. The molecule has 0 heterocycles. The van der Waals surface area contributed by atoms with Gasteiger partial charge in [-0.25, -0.2) is 0 Å². The first-order valence-corrected chi connectivity index (χ1v) is 5.96. The second-order valence-electron chi connectivity index (χ2n) is 2.65. The van der Waals surface area contributed by atoms with Crippen molar-refractivity contribution in [1.29, 1.82) is 0 Å². The van der Waals surface area contributed by atoms with Crippen LogP contribution in [0.1, 0.15) is 26.2 Å². The molecular formula is C8H17O3P. The maximum atomic E-state index is 11.0. The van der Waals surface area contributed by atoms with Gasteiger partial charge in [-0.2, -0.15) is 0 Å². The van der Waals surface area contributed by atoms with Crippen molar-refractivity contribution in [3.8, 4) is 0 Å². The van der Waals surface area contributed by atoms with E-state index in [9.17, 15) is 4.57 Å². The summed E-state index contributed by atoms with van der Waals surface area (Å²) in [6.07, 6.45) is 4.41. The van der Waals surface area contributed by atoms with Gasteiger partial charge in [-0.05, 0) is 6.42 Å². The van der Waals surface area contributed by atoms with Crippen LogP contribution in [0.2, 0.25) is 0 Å². The minimum atomic E-state index is -3.35. The fourth-order valence-corrected chi connectivity index (χ4v) is 1.62. The highest BCUT2D eigenvalue weighted by atomic mass is 31.2. The standard InChI is InChI=1S/C8H17O3P/c1-3-5-6-7-11-12(9,10)8-4-2/h4H,2-3,5-8H2,1H3,(H,9,10). The lowest BCUT2D eigenvalue weighted by atomic mass is 10.3. The summed E-state index contributed by atoms with van der Waals surface area (Å²) in [5.74, 6) is 0. The number of hydrogen-bond donors (Lipinski definition) is 1. The number of allylic oxidation sites excluding steroid dienone is 1. The molecule has 0 aliphatic heterocycles. The molecule has 0 aromatic carbocycles. The van der Waals surface area contributed by atoms with Gasteiger partial charge in [-0.15, -0.1) is 6.58 Å². The molecule has 0 amide bonds. The topological polar surface area (TPSA) is 46.5 Å². The molecule has 0 saturated heterocycles. The Labute approximate surface area is 74.0 Å². The smallest absolute Gasteiger partial charge is 0.324 e. The lowest BCUT2D eigenvalue weighted by molar-refractivity contribution is 0.256. The normalized spacial score (nSPS) is 15.5. The summed E-state index contributed by atoms with van der Waals surface area (Å²) >= 11 is 0. The fourth-order valence-electron chi connectivity index (χ4n) is 0.775. The Hall–Kier alpha value is -0.110. The molecule has 72 valence electrons. The van der Waals surface area contributed by atoms with Crippen LogP contribution in [0.15, 0.2) is 12.7 Å². The lowest BCUT2D eigenvalue weighted by Gasteiger charge is -2.08. The van der Waals surface area contributed by atoms with E-state index in [4.69, 9.17) is 9.42 Å². The lowest BCUT2D eigenvalue weighted by Crippen LogP contribution is -1.94. The predicted octanol–water partition coefficient (Wildman–Crippen LogP) is 2.56. The molecule has 3 nitrogen and oxygen atoms in total. The zero-order valence-electron chi connectivity index (χ0n) is 7.53. The third kappa shape index (κ3) is 6.59. The van der Waals surface area contributed by atoms with Gasteiger partial charge in [-0.3, -0.25) is 4.57 Å². The summed E-state index contributed by atoms with van der Waals surface area (Å²) in [5, 5.41) is 0. The number of unbranched alkanes of at least 4 members (excludes halogenated alkanes) is 2. The third-order valence-electron chi connectivity index (χ3n) is 1.40. The molecule has 0 aromatic rings. The largest absolute Gasteiger partial charge is 0.331 e. The summed E-state index contributed by atoms with van der Waals surface area (Å²) in [5.41, 5.74) is 0. The van der Waals surface area contributed by atoms with Crippen LogP contribution >= 0.6 is 7.60 Å². The van der Waals surface area contributed by atoms with Crippen molar-refractivity contribution < 1.29 is 14.0 Å². The van der Waals surface area contributed by atoms with E-state index in [1.807, 2.05) is 0 Å². The molecule has 4 heteroatoms. The average molecular weight is 192 g/mol. The number of hydrogen-bond acceptors (Lipinski definition) is 2. The molecular weight excluding hydrogens is 175 g/mol. The van der Waals surface area contributed by atoms with Gasteiger partial charge in [0.2, 0.25) is 0 Å². The first-order chi connectivity index (χ1) is 5.62. The molecule has 0 fully saturated rings. The van der Waals surface area contributed by atoms with Gasteiger partial charge in [0.05, 0.1) is 12.8 Å². The average Bonchev–Trinajstić information content (AvgIpc) is 1.98. The molecule has 1 N–H and O–H groups in total. The minimum absolute atomic E-state index is 0.0408. The molecule has 0 aromatic heterocycles. The van der Waals surface area contributed by atoms with Gasteiger partial charge < -0.3 is 9.42 Å². The Morgan fingerprint density at radius 1 is 1.58 bits per heavy atom. The van der Waals surface area contributed by atoms with E-state index in [1.165, 1.54) is 6.08 Å². The Kier molecular flexibility index (Phi) is 6.35. The van der Waals surface area contributed by atoms with E-state index in [0.717, 1.165) is 19.3 Å². The van der Waals surface area contributed by atoms with Crippen LogP contribution in [-0.2, 0) is 9.09 Å². The second-order valence-corrected chi connectivity index (χ2v) is 4.55. The van der Waals surface area contributed by atoms with Gasteiger partial charge in [0, 0.05) is 0 Å². The number of rotatable bonds is 7. The van der Waals surface area contributed by atoms with Gasteiger partial charge in [0.15, 0.2) is 0 Å². The predicted molar refractivity (Wildman–Crippen MR) is 50.4 cm³/mol. The van der Waals surface area contributed by atoms with Crippen LogP contribution in [0.3, 0.4) is 0 Å². The minimum Gasteiger partial charge on any atom is -0.324 e. The van der Waals surface area contributed by atoms with E-state index in [-0.39, 0.29) is 6.16 Å². The van der Waals surface area contributed by atoms with Crippen LogP contribution in [0.5, 0.6) is 0 Å². The molecule has 0 aliphatic rings. The van der Waals surface area contributed by atoms with Crippen molar-refractivity contribution in [2.24, 2.45) is 0 Å². The third-order valence-corrected chi connectivity index (χ3v) is 2.71. The summed E-state index contributed by atoms with van der Waals surface area (Å²) in [6, 6.07) is 0. The quantitative estimate of drug-likeness (QED) is 0.383. The molecule has 0 spiro atoms. The molecule has 1 atom stereocenters. The van der Waals surface area contributed by atoms with E-state index >= 15 is 0 Å². The van der Waals surface area contributed by atoms with Gasteiger partial charge in [0.1, 0.15) is 0 Å². The Bertz CT molecular complexity index is 168. The van der Waals surface area contributed by atoms with E-state index < -0.39 is 7.60 Å². The highest BCUT2D eigenvalue weighted by Crippen LogP contribution is 2.41. The van der Waals surface area contributed by atoms with E-state index in [1.54, 1.807) is 0 Å². The Morgan fingerprint density at radius 2 is 2.25 bits per heavy atom. The zero-order valence-corrected chi connectivity index (χ0v) is 8.43. The van der Waals surface area contributed by atoms with Crippen molar-refractivity contribution in [2.75, 3.05) is 12.8 Å². The van der Waals surface area contributed by atoms with Crippen molar-refractivity contribution in [3.05, 3.63) is 12.7 Å². The second kappa shape index (κ2) is 6.41. The van der Waals surface area contributed by atoms with Crippen LogP contribution in [0, 0.1) is 0 Å². The molecule has 12 heavy (non-hydrogen) atoms. The summed E-state index contributed by atoms with van der Waals surface area (Å²) in [4.78, 5) is 9.08. The highest BCUT2D eigenvalue weighted by Gasteiger charge is 2.15. The van der Waals surface area contributed by atoms with Gasteiger partial charge in [0.25, 0.3) is 0 Å². The maximum Gasteiger partial charge on any atom is 0.331 e. The Balaban J connectivity index is 3.47. The Morgan fingerprint density at radius 3 is 2.75 bits per heavy atom. The SMILES string of the molecule is C=CCP(=O)(O)OCCCCC. The van der Waals surface area contributed by atoms with Crippen molar-refractivity contribution >= 4 is 7.60 Å². The van der Waals surface area contributed by atoms with Crippen LogP contribution in [0.4, 0.5) is 0 Å². The first-order valence-electron chi connectivity index (χ1n) is 4.19. The van der Waals surface area contributed by atoms with E-state index in [2.05, 4.69) is 13.5 Å². The molecule has 0 rings (SSSR count). The molecule has 0 radical (unpaired) electrons. The van der Waals surface area contributed by atoms with Crippen molar-refractivity contribution in [2.45, 2.75) is 26.2 Å². The first kappa shape index (κ1) is 11.9. The summed E-state index contributed by atoms with van der Waals surface area (Å²) < 4.78 is 15.9. The summed E-state index contributed by atoms with van der Waals surface area (Å²) in [7, 11) is -3.35. The molecule has 0 aliphatic carbocycles. The molecule has 0 bridgehead atoms. The van der Waals surface area contributed by atoms with Crippen LogP contribution < -0.4 is 0 Å². The van der Waals surface area contributed by atoms with Gasteiger partial charge >= 0.3 is 7.60 Å². The maximum absolute atomic E-state index is 11.0. The fraction of sp³-hybridized carbons (Fsp3) is 0.750. The molecule has 0 saturated carbocycles. The van der Waals surface area contributed by atoms with Crippen molar-refractivity contribution in [3.63, 3.8) is 0 Å². The van der Waals surface area contributed by atoms with Gasteiger partial charge in [-0.1, -0.05) is 25.8 Å².